The van der Waals surface area contributed by atoms with E-state index >= 15 is 0 Å². The van der Waals surface area contributed by atoms with Gasteiger partial charge in [-0.2, -0.15) is 0 Å². The average Bonchev–Trinajstić information content (AvgIpc) is 2.62. The summed E-state index contributed by atoms with van der Waals surface area (Å²) >= 11 is 0. The number of unbranched alkanes of at least 4 members (excludes halogenated alkanes) is 2. The van der Waals surface area contributed by atoms with Gasteiger partial charge in [-0.15, -0.1) is 0 Å². The summed E-state index contributed by atoms with van der Waals surface area (Å²) in [5.74, 6) is -0.258. The molecule has 2 rings (SSSR count). The van der Waals surface area contributed by atoms with Gasteiger partial charge >= 0.3 is 0 Å². The SMILES string of the molecule is CCCCCNC(=O)c1cccc(S(=O)(=O)Nc2c(C)cc(C)cc2C)c1. The van der Waals surface area contributed by atoms with Gasteiger partial charge in [-0.1, -0.05) is 43.5 Å². The molecule has 6 heteroatoms. The van der Waals surface area contributed by atoms with E-state index in [1.807, 2.05) is 32.9 Å². The second-order valence-corrected chi connectivity index (χ2v) is 8.55. The lowest BCUT2D eigenvalue weighted by Crippen LogP contribution is -2.25. The molecular formula is C21H28N2O3S. The summed E-state index contributed by atoms with van der Waals surface area (Å²) in [7, 11) is -3.79. The van der Waals surface area contributed by atoms with E-state index in [0.717, 1.165) is 36.0 Å². The highest BCUT2D eigenvalue weighted by Gasteiger charge is 2.18. The maximum Gasteiger partial charge on any atom is 0.261 e. The molecule has 0 fully saturated rings. The van der Waals surface area contributed by atoms with Crippen molar-refractivity contribution in [2.45, 2.75) is 51.9 Å². The largest absolute Gasteiger partial charge is 0.352 e. The van der Waals surface area contributed by atoms with Crippen LogP contribution in [0.15, 0.2) is 41.3 Å². The summed E-state index contributed by atoms with van der Waals surface area (Å²) < 4.78 is 28.3. The number of hydrogen-bond donors (Lipinski definition) is 2. The van der Waals surface area contributed by atoms with Crippen LogP contribution in [-0.2, 0) is 10.0 Å². The molecule has 0 aromatic heterocycles. The van der Waals surface area contributed by atoms with Crippen LogP contribution in [0.25, 0.3) is 0 Å². The van der Waals surface area contributed by atoms with Crippen LogP contribution in [0.3, 0.4) is 0 Å². The van der Waals surface area contributed by atoms with Crippen molar-refractivity contribution >= 4 is 21.6 Å². The Bertz CT molecular complexity index is 898. The molecule has 0 unspecified atom stereocenters. The van der Waals surface area contributed by atoms with Crippen molar-refractivity contribution < 1.29 is 13.2 Å². The number of rotatable bonds is 8. The number of carbonyl (C=O) groups excluding carboxylic acids is 1. The van der Waals surface area contributed by atoms with Crippen molar-refractivity contribution in [2.24, 2.45) is 0 Å². The Hall–Kier alpha value is -2.34. The molecule has 0 aliphatic carbocycles. The highest BCUT2D eigenvalue weighted by molar-refractivity contribution is 7.92. The predicted molar refractivity (Wildman–Crippen MR) is 110 cm³/mol. The molecule has 0 aliphatic rings. The summed E-state index contributed by atoms with van der Waals surface area (Å²) in [4.78, 5) is 12.3. The smallest absolute Gasteiger partial charge is 0.261 e. The van der Waals surface area contributed by atoms with Crippen LogP contribution in [0.5, 0.6) is 0 Å². The highest BCUT2D eigenvalue weighted by Crippen LogP contribution is 2.25. The third-order valence-corrected chi connectivity index (χ3v) is 5.73. The Labute approximate surface area is 162 Å². The van der Waals surface area contributed by atoms with Gasteiger partial charge in [0.25, 0.3) is 15.9 Å². The molecule has 27 heavy (non-hydrogen) atoms. The van der Waals surface area contributed by atoms with Crippen molar-refractivity contribution in [2.75, 3.05) is 11.3 Å². The van der Waals surface area contributed by atoms with Gasteiger partial charge in [0.05, 0.1) is 10.6 Å². The molecule has 0 bridgehead atoms. The van der Waals surface area contributed by atoms with Crippen molar-refractivity contribution in [3.8, 4) is 0 Å². The third kappa shape index (κ3) is 5.57. The molecule has 0 saturated heterocycles. The lowest BCUT2D eigenvalue weighted by atomic mass is 10.1. The van der Waals surface area contributed by atoms with E-state index < -0.39 is 10.0 Å². The molecule has 2 aromatic rings. The lowest BCUT2D eigenvalue weighted by Gasteiger charge is -2.15. The van der Waals surface area contributed by atoms with Gasteiger partial charge in [-0.25, -0.2) is 8.42 Å². The molecule has 5 nitrogen and oxygen atoms in total. The molecule has 0 aliphatic heterocycles. The fourth-order valence-electron chi connectivity index (χ4n) is 3.02. The normalized spacial score (nSPS) is 11.3. The zero-order valence-electron chi connectivity index (χ0n) is 16.4. The van der Waals surface area contributed by atoms with Crippen LogP contribution in [-0.4, -0.2) is 20.9 Å². The average molecular weight is 389 g/mol. The summed E-state index contributed by atoms with van der Waals surface area (Å²) in [6, 6.07) is 9.99. The van der Waals surface area contributed by atoms with E-state index in [1.165, 1.54) is 12.1 Å². The summed E-state index contributed by atoms with van der Waals surface area (Å²) in [6.45, 7) is 8.40. The molecule has 146 valence electrons. The van der Waals surface area contributed by atoms with E-state index in [4.69, 9.17) is 0 Å². The number of sulfonamides is 1. The number of carbonyl (C=O) groups is 1. The monoisotopic (exact) mass is 388 g/mol. The van der Waals surface area contributed by atoms with E-state index in [-0.39, 0.29) is 10.8 Å². The van der Waals surface area contributed by atoms with Gasteiger partial charge < -0.3 is 5.32 Å². The Balaban J connectivity index is 2.21. The number of hydrogen-bond acceptors (Lipinski definition) is 3. The second-order valence-electron chi connectivity index (χ2n) is 6.87. The molecule has 0 saturated carbocycles. The van der Waals surface area contributed by atoms with Gasteiger partial charge in [0.15, 0.2) is 0 Å². The first kappa shape index (κ1) is 21.0. The molecular weight excluding hydrogens is 360 g/mol. The van der Waals surface area contributed by atoms with E-state index in [0.29, 0.717) is 17.8 Å². The Kier molecular flexibility index (Phi) is 7.02. The van der Waals surface area contributed by atoms with Crippen LogP contribution in [0.1, 0.15) is 53.2 Å². The standard InChI is InChI=1S/C21H28N2O3S/c1-5-6-7-11-22-21(24)18-9-8-10-19(14-18)27(25,26)23-20-16(3)12-15(2)13-17(20)4/h8-10,12-14,23H,5-7,11H2,1-4H3,(H,22,24). The maximum absolute atomic E-state index is 12.8. The van der Waals surface area contributed by atoms with Crippen LogP contribution in [0, 0.1) is 20.8 Å². The zero-order chi connectivity index (χ0) is 20.0. The first-order chi connectivity index (χ1) is 12.7. The number of amides is 1. The second kappa shape index (κ2) is 9.04. The Morgan fingerprint density at radius 2 is 1.67 bits per heavy atom. The molecule has 0 atom stereocenters. The van der Waals surface area contributed by atoms with Crippen molar-refractivity contribution in [3.63, 3.8) is 0 Å². The van der Waals surface area contributed by atoms with E-state index in [9.17, 15) is 13.2 Å². The molecule has 0 radical (unpaired) electrons. The minimum absolute atomic E-state index is 0.0723. The highest BCUT2D eigenvalue weighted by atomic mass is 32.2. The molecule has 2 N–H and O–H groups in total. The maximum atomic E-state index is 12.8. The van der Waals surface area contributed by atoms with Gasteiger partial charge in [0.2, 0.25) is 0 Å². The third-order valence-electron chi connectivity index (χ3n) is 4.39. The summed E-state index contributed by atoms with van der Waals surface area (Å²) in [5, 5.41) is 2.83. The number of aryl methyl sites for hydroxylation is 3. The first-order valence-electron chi connectivity index (χ1n) is 9.23. The fourth-order valence-corrected chi connectivity index (χ4v) is 4.27. The first-order valence-corrected chi connectivity index (χ1v) is 10.7. The van der Waals surface area contributed by atoms with Crippen LogP contribution in [0.4, 0.5) is 5.69 Å². The van der Waals surface area contributed by atoms with Crippen LogP contribution >= 0.6 is 0 Å². The summed E-state index contributed by atoms with van der Waals surface area (Å²) in [5.41, 5.74) is 3.72. The van der Waals surface area contributed by atoms with E-state index in [2.05, 4.69) is 17.0 Å². The number of anilines is 1. The molecule has 0 heterocycles. The van der Waals surface area contributed by atoms with Gasteiger partial charge in [-0.05, 0) is 56.5 Å². The van der Waals surface area contributed by atoms with Crippen molar-refractivity contribution in [3.05, 3.63) is 58.7 Å². The van der Waals surface area contributed by atoms with Crippen LogP contribution < -0.4 is 10.0 Å². The van der Waals surface area contributed by atoms with Gasteiger partial charge in [0, 0.05) is 12.1 Å². The fraction of sp³-hybridized carbons (Fsp3) is 0.381. The quantitative estimate of drug-likeness (QED) is 0.661. The minimum Gasteiger partial charge on any atom is -0.352 e. The number of benzene rings is 2. The molecule has 0 spiro atoms. The lowest BCUT2D eigenvalue weighted by molar-refractivity contribution is 0.0952. The number of nitrogens with one attached hydrogen (secondary N) is 2. The van der Waals surface area contributed by atoms with Crippen molar-refractivity contribution in [1.82, 2.24) is 5.32 Å². The van der Waals surface area contributed by atoms with Gasteiger partial charge in [0.1, 0.15) is 0 Å². The predicted octanol–water partition coefficient (Wildman–Crippen LogP) is 4.33. The minimum atomic E-state index is -3.79. The summed E-state index contributed by atoms with van der Waals surface area (Å²) in [6.07, 6.45) is 3.04. The van der Waals surface area contributed by atoms with E-state index in [1.54, 1.807) is 12.1 Å². The Morgan fingerprint density at radius 3 is 2.30 bits per heavy atom. The molecule has 2 aromatic carbocycles. The van der Waals surface area contributed by atoms with Gasteiger partial charge in [-0.3, -0.25) is 9.52 Å². The molecule has 1 amide bonds. The Morgan fingerprint density at radius 1 is 1.00 bits per heavy atom. The topological polar surface area (TPSA) is 75.3 Å². The zero-order valence-corrected chi connectivity index (χ0v) is 17.2. The van der Waals surface area contributed by atoms with Crippen molar-refractivity contribution in [1.29, 1.82) is 0 Å². The van der Waals surface area contributed by atoms with Crippen LogP contribution in [0.2, 0.25) is 0 Å².